The van der Waals surface area contributed by atoms with E-state index in [1.807, 2.05) is 36.4 Å². The third kappa shape index (κ3) is 3.29. The highest BCUT2D eigenvalue weighted by molar-refractivity contribution is 6.99. The van der Waals surface area contributed by atoms with Crippen LogP contribution >= 0.6 is 0 Å². The summed E-state index contributed by atoms with van der Waals surface area (Å²) < 4.78 is 12.8. The Hall–Kier alpha value is -2.74. The molecule has 34 heavy (non-hydrogen) atoms. The molecule has 2 aromatic carbocycles. The van der Waals surface area contributed by atoms with Crippen LogP contribution < -0.4 is 10.4 Å². The van der Waals surface area contributed by atoms with E-state index in [9.17, 15) is 14.7 Å². The van der Waals surface area contributed by atoms with Gasteiger partial charge in [-0.2, -0.15) is 0 Å². The van der Waals surface area contributed by atoms with Gasteiger partial charge >= 0.3 is 6.09 Å². The van der Waals surface area contributed by atoms with Crippen LogP contribution in [0.5, 0.6) is 0 Å². The lowest BCUT2D eigenvalue weighted by atomic mass is 9.92. The van der Waals surface area contributed by atoms with E-state index in [-0.39, 0.29) is 10.8 Å². The van der Waals surface area contributed by atoms with E-state index in [1.54, 1.807) is 11.8 Å². The molecule has 0 aromatic heterocycles. The van der Waals surface area contributed by atoms with Gasteiger partial charge in [0.2, 0.25) is 5.78 Å². The van der Waals surface area contributed by atoms with Crippen molar-refractivity contribution in [1.29, 1.82) is 0 Å². The zero-order valence-electron chi connectivity index (χ0n) is 20.0. The van der Waals surface area contributed by atoms with E-state index >= 15 is 0 Å². The Labute approximate surface area is 201 Å². The first-order chi connectivity index (χ1) is 16.2. The molecule has 0 saturated carbocycles. The normalized spacial score (nSPS) is 25.4. The van der Waals surface area contributed by atoms with Crippen LogP contribution in [0.2, 0.25) is 5.04 Å². The molecule has 5 rings (SSSR count). The first-order valence-corrected chi connectivity index (χ1v) is 13.8. The smallest absolute Gasteiger partial charge is 0.411 e. The van der Waals surface area contributed by atoms with Gasteiger partial charge < -0.3 is 14.3 Å². The van der Waals surface area contributed by atoms with Gasteiger partial charge in [0.05, 0.1) is 12.2 Å². The van der Waals surface area contributed by atoms with Gasteiger partial charge in [-0.15, -0.1) is 0 Å². The predicted octanol–water partition coefficient (Wildman–Crippen LogP) is 2.78. The predicted molar refractivity (Wildman–Crippen MR) is 132 cm³/mol. The molecule has 2 fully saturated rings. The molecular weight excluding hydrogens is 446 g/mol. The topological polar surface area (TPSA) is 76.1 Å². The number of rotatable bonds is 5. The summed E-state index contributed by atoms with van der Waals surface area (Å²) in [5.74, 6) is -0.302. The third-order valence-electron chi connectivity index (χ3n) is 7.37. The summed E-state index contributed by atoms with van der Waals surface area (Å²) in [7, 11) is -2.89. The van der Waals surface area contributed by atoms with Crippen LogP contribution in [0.15, 0.2) is 71.8 Å². The van der Waals surface area contributed by atoms with Gasteiger partial charge in [0.1, 0.15) is 6.04 Å². The number of piperidine rings is 1. The second-order valence-electron chi connectivity index (χ2n) is 10.4. The van der Waals surface area contributed by atoms with Gasteiger partial charge in [0.25, 0.3) is 8.32 Å². The fourth-order valence-corrected chi connectivity index (χ4v) is 10.7. The van der Waals surface area contributed by atoms with Crippen molar-refractivity contribution in [1.82, 2.24) is 4.90 Å². The monoisotopic (exact) mass is 477 g/mol. The van der Waals surface area contributed by atoms with Crippen LogP contribution in [0, 0.1) is 0 Å². The number of Topliss-reactive ketones (excluding diaryl/α,β-unsaturated/α-hetero) is 1. The molecule has 0 unspecified atom stereocenters. The minimum Gasteiger partial charge on any atom is -0.435 e. The maximum atomic E-state index is 13.2. The van der Waals surface area contributed by atoms with E-state index in [0.29, 0.717) is 18.5 Å². The van der Waals surface area contributed by atoms with Crippen LogP contribution in [-0.4, -0.2) is 61.1 Å². The summed E-state index contributed by atoms with van der Waals surface area (Å²) in [5.41, 5.74) is 1.06. The number of aliphatic hydroxyl groups excluding tert-OH is 1. The number of amides is 1. The van der Waals surface area contributed by atoms with Crippen LogP contribution in [0.4, 0.5) is 4.79 Å². The second kappa shape index (κ2) is 8.18. The number of ketones is 1. The molecule has 6 nitrogen and oxygen atoms in total. The minimum atomic E-state index is -2.89. The molecule has 1 aliphatic carbocycles. The molecule has 0 spiro atoms. The van der Waals surface area contributed by atoms with Gasteiger partial charge in [-0.3, -0.25) is 9.69 Å². The van der Waals surface area contributed by atoms with Gasteiger partial charge in [0.15, 0.2) is 6.10 Å². The van der Waals surface area contributed by atoms with Crippen LogP contribution in [0.1, 0.15) is 34.1 Å². The zero-order valence-corrected chi connectivity index (χ0v) is 21.0. The van der Waals surface area contributed by atoms with E-state index in [1.165, 1.54) is 0 Å². The summed E-state index contributed by atoms with van der Waals surface area (Å²) >= 11 is 0. The molecule has 2 aliphatic heterocycles. The van der Waals surface area contributed by atoms with E-state index in [4.69, 9.17) is 9.16 Å². The van der Waals surface area contributed by atoms with Crippen molar-refractivity contribution in [3.8, 4) is 0 Å². The average molecular weight is 478 g/mol. The lowest BCUT2D eigenvalue weighted by Gasteiger charge is -2.47. The Kier molecular flexibility index (Phi) is 5.54. The van der Waals surface area contributed by atoms with Crippen molar-refractivity contribution in [3.63, 3.8) is 0 Å². The third-order valence-corrected chi connectivity index (χ3v) is 12.4. The van der Waals surface area contributed by atoms with Gasteiger partial charge in [-0.25, -0.2) is 4.79 Å². The molecule has 3 aliphatic rings. The fraction of sp³-hybridized carbons (Fsp3) is 0.407. The highest BCUT2D eigenvalue weighted by Gasteiger charge is 2.60. The van der Waals surface area contributed by atoms with Gasteiger partial charge in [0, 0.05) is 12.1 Å². The highest BCUT2D eigenvalue weighted by Crippen LogP contribution is 2.46. The largest absolute Gasteiger partial charge is 0.435 e. The Morgan fingerprint density at radius 3 is 2.09 bits per heavy atom. The molecular formula is C27H31NO5Si. The minimum absolute atomic E-state index is 0.234. The SMILES string of the molecule is C[C@H](O)C1=C2[C@@H]3[C@@H](OC(=O)N3CC[C@H]2O[Si](c2ccccc2)(c2ccccc2)C(C)(C)C)C1=O. The van der Waals surface area contributed by atoms with Crippen molar-refractivity contribution in [2.45, 2.75) is 63.5 Å². The standard InChI is InChI=1S/C27H31NO5Si/c1-17(29)21-22-20(15-16-28-23(22)25(24(21)30)32-26(28)31)33-34(27(2,3)4,18-11-7-5-8-12-18)19-13-9-6-10-14-19/h5-14,17,20,23,25,29H,15-16H2,1-4H3/t17-,20+,23+,25+/m0/s1. The molecule has 1 amide bonds. The Bertz CT molecular complexity index is 1100. The van der Waals surface area contributed by atoms with Crippen LogP contribution in [-0.2, 0) is 14.0 Å². The summed E-state index contributed by atoms with van der Waals surface area (Å²) in [6.07, 6.45) is -2.17. The van der Waals surface area contributed by atoms with Crippen molar-refractivity contribution >= 4 is 30.6 Å². The number of carbonyl (C=O) groups is 2. The maximum absolute atomic E-state index is 13.2. The summed E-state index contributed by atoms with van der Waals surface area (Å²) in [4.78, 5) is 27.3. The molecule has 2 aromatic rings. The number of ether oxygens (including phenoxy) is 1. The first-order valence-electron chi connectivity index (χ1n) is 11.9. The van der Waals surface area contributed by atoms with Crippen molar-refractivity contribution in [3.05, 3.63) is 71.8 Å². The first kappa shape index (κ1) is 23.0. The molecule has 4 atom stereocenters. The fourth-order valence-electron chi connectivity index (χ4n) is 5.98. The Morgan fingerprint density at radius 1 is 1.03 bits per heavy atom. The number of aliphatic hydroxyl groups is 1. The molecule has 178 valence electrons. The van der Waals surface area contributed by atoms with Crippen LogP contribution in [0.3, 0.4) is 0 Å². The lowest BCUT2D eigenvalue weighted by molar-refractivity contribution is -0.122. The van der Waals surface area contributed by atoms with E-state index < -0.39 is 38.8 Å². The summed E-state index contributed by atoms with van der Waals surface area (Å²) in [5, 5.41) is 12.6. The number of benzene rings is 2. The summed E-state index contributed by atoms with van der Waals surface area (Å²) in [6.45, 7) is 8.68. The number of hydrogen-bond donors (Lipinski definition) is 1. The summed E-state index contributed by atoms with van der Waals surface area (Å²) in [6, 6.07) is 20.2. The number of carbonyl (C=O) groups excluding carboxylic acids is 2. The number of hydrogen-bond acceptors (Lipinski definition) is 5. The van der Waals surface area contributed by atoms with Gasteiger partial charge in [-0.05, 0) is 34.3 Å². The zero-order chi connectivity index (χ0) is 24.3. The van der Waals surface area contributed by atoms with E-state index in [0.717, 1.165) is 15.9 Å². The van der Waals surface area contributed by atoms with Crippen LogP contribution in [0.25, 0.3) is 0 Å². The Balaban J connectivity index is 1.69. The molecule has 1 N–H and O–H groups in total. The van der Waals surface area contributed by atoms with Crippen molar-refractivity contribution < 1.29 is 23.9 Å². The maximum Gasteiger partial charge on any atom is 0.411 e. The van der Waals surface area contributed by atoms with Crippen molar-refractivity contribution in [2.75, 3.05) is 6.54 Å². The second-order valence-corrected chi connectivity index (χ2v) is 14.7. The molecule has 0 bridgehead atoms. The average Bonchev–Trinajstić information content (AvgIpc) is 3.29. The molecule has 2 saturated heterocycles. The van der Waals surface area contributed by atoms with Crippen molar-refractivity contribution in [2.24, 2.45) is 0 Å². The van der Waals surface area contributed by atoms with E-state index in [2.05, 4.69) is 45.0 Å². The highest BCUT2D eigenvalue weighted by atomic mass is 28.4. The Morgan fingerprint density at radius 2 is 1.59 bits per heavy atom. The number of nitrogens with zero attached hydrogens (tertiary/aromatic N) is 1. The molecule has 0 radical (unpaired) electrons. The molecule has 7 heteroatoms. The van der Waals surface area contributed by atoms with Gasteiger partial charge in [-0.1, -0.05) is 81.4 Å². The lowest BCUT2D eigenvalue weighted by Crippen LogP contribution is -2.68. The molecule has 2 heterocycles. The quantitative estimate of drug-likeness (QED) is 0.671.